The lowest BCUT2D eigenvalue weighted by molar-refractivity contribution is -0.137. The van der Waals surface area contributed by atoms with Crippen LogP contribution < -0.4 is 4.90 Å². The molecular formula is C21H20F3N7. The lowest BCUT2D eigenvalue weighted by Gasteiger charge is -2.33. The summed E-state index contributed by atoms with van der Waals surface area (Å²) in [5.41, 5.74) is 1.14. The molecule has 3 aromatic rings. The zero-order valence-electron chi connectivity index (χ0n) is 16.8. The molecule has 1 fully saturated rings. The van der Waals surface area contributed by atoms with Gasteiger partial charge in [0.2, 0.25) is 5.95 Å². The maximum Gasteiger partial charge on any atom is 0.416 e. The molecule has 0 unspecified atom stereocenters. The van der Waals surface area contributed by atoms with Crippen LogP contribution in [0.2, 0.25) is 0 Å². The van der Waals surface area contributed by atoms with Crippen molar-refractivity contribution in [3.05, 3.63) is 65.2 Å². The molecule has 0 spiro atoms. The molecule has 7 nitrogen and oxygen atoms in total. The van der Waals surface area contributed by atoms with E-state index in [0.29, 0.717) is 34.4 Å². The number of nitrogens with zero attached hydrogens (tertiary/aromatic N) is 7. The maximum atomic E-state index is 13.5. The Morgan fingerprint density at radius 1 is 0.968 bits per heavy atom. The van der Waals surface area contributed by atoms with Gasteiger partial charge < -0.3 is 9.80 Å². The molecule has 10 heteroatoms. The quantitative estimate of drug-likeness (QED) is 0.630. The molecule has 2 aliphatic rings. The fourth-order valence-corrected chi connectivity index (χ4v) is 3.92. The molecule has 0 aliphatic carbocycles. The van der Waals surface area contributed by atoms with Gasteiger partial charge >= 0.3 is 6.18 Å². The number of benzene rings is 1. The standard InChI is InChI=1S/C21H20F3N7/c1-29-8-10-30(11-9-29)20-28-27-18-13-26-19(16-4-2-3-7-25-16)15-12-14(21(22,23)24)5-6-17(15)31(18)20/h2-7,12H,8-11,13H2,1H3. The van der Waals surface area contributed by atoms with E-state index in [-0.39, 0.29) is 6.54 Å². The molecule has 1 saturated heterocycles. The second-order valence-electron chi connectivity index (χ2n) is 7.65. The van der Waals surface area contributed by atoms with Crippen LogP contribution in [0.1, 0.15) is 22.6 Å². The summed E-state index contributed by atoms with van der Waals surface area (Å²) in [7, 11) is 2.06. The van der Waals surface area contributed by atoms with Gasteiger partial charge in [0, 0.05) is 37.9 Å². The molecule has 0 atom stereocenters. The van der Waals surface area contributed by atoms with E-state index in [2.05, 4.69) is 37.0 Å². The van der Waals surface area contributed by atoms with Gasteiger partial charge in [-0.3, -0.25) is 14.5 Å². The van der Waals surface area contributed by atoms with Gasteiger partial charge in [-0.2, -0.15) is 13.2 Å². The first-order valence-corrected chi connectivity index (χ1v) is 9.97. The summed E-state index contributed by atoms with van der Waals surface area (Å²) in [6, 6.07) is 9.02. The minimum absolute atomic E-state index is 0.197. The van der Waals surface area contributed by atoms with Crippen LogP contribution in [0.15, 0.2) is 47.6 Å². The molecule has 0 saturated carbocycles. The molecule has 0 bridgehead atoms. The summed E-state index contributed by atoms with van der Waals surface area (Å²) in [6.45, 7) is 3.47. The van der Waals surface area contributed by atoms with Gasteiger partial charge in [0.25, 0.3) is 0 Å². The third-order valence-corrected chi connectivity index (χ3v) is 5.61. The molecule has 5 rings (SSSR count). The second-order valence-corrected chi connectivity index (χ2v) is 7.65. The number of fused-ring (bicyclic) bond motifs is 3. The van der Waals surface area contributed by atoms with Crippen LogP contribution in [0.3, 0.4) is 0 Å². The molecule has 160 valence electrons. The Labute approximate surface area is 176 Å². The number of rotatable bonds is 2. The van der Waals surface area contributed by atoms with E-state index in [1.54, 1.807) is 24.4 Å². The van der Waals surface area contributed by atoms with Crippen molar-refractivity contribution >= 4 is 11.7 Å². The Hall–Kier alpha value is -3.27. The van der Waals surface area contributed by atoms with E-state index in [1.165, 1.54) is 6.07 Å². The van der Waals surface area contributed by atoms with Crippen molar-refractivity contribution in [1.29, 1.82) is 0 Å². The lowest BCUT2D eigenvalue weighted by Crippen LogP contribution is -2.45. The third kappa shape index (κ3) is 3.56. The van der Waals surface area contributed by atoms with Gasteiger partial charge in [-0.05, 0) is 37.4 Å². The smallest absolute Gasteiger partial charge is 0.338 e. The average molecular weight is 427 g/mol. The number of hydrogen-bond donors (Lipinski definition) is 0. The summed E-state index contributed by atoms with van der Waals surface area (Å²) in [5, 5.41) is 8.69. The number of pyridine rings is 1. The predicted molar refractivity (Wildman–Crippen MR) is 110 cm³/mol. The highest BCUT2D eigenvalue weighted by atomic mass is 19.4. The van der Waals surface area contributed by atoms with Gasteiger partial charge in [0.15, 0.2) is 5.82 Å². The van der Waals surface area contributed by atoms with E-state index in [0.717, 1.165) is 38.3 Å². The first-order chi connectivity index (χ1) is 14.9. The Bertz CT molecular complexity index is 1130. The van der Waals surface area contributed by atoms with Crippen molar-refractivity contribution in [2.75, 3.05) is 38.1 Å². The van der Waals surface area contributed by atoms with E-state index in [4.69, 9.17) is 0 Å². The molecular weight excluding hydrogens is 407 g/mol. The largest absolute Gasteiger partial charge is 0.416 e. The summed E-state index contributed by atoms with van der Waals surface area (Å²) in [5.74, 6) is 1.21. The normalized spacial score (nSPS) is 17.0. The molecule has 31 heavy (non-hydrogen) atoms. The van der Waals surface area contributed by atoms with E-state index in [9.17, 15) is 13.2 Å². The van der Waals surface area contributed by atoms with Crippen LogP contribution in [0.5, 0.6) is 0 Å². The number of aliphatic imine (C=N–C) groups is 1. The number of halogens is 3. The predicted octanol–water partition coefficient (Wildman–Crippen LogP) is 2.78. The van der Waals surface area contributed by atoms with Crippen molar-refractivity contribution in [2.24, 2.45) is 4.99 Å². The fourth-order valence-electron chi connectivity index (χ4n) is 3.92. The van der Waals surface area contributed by atoms with Crippen LogP contribution in [0, 0.1) is 0 Å². The minimum Gasteiger partial charge on any atom is -0.338 e. The number of aromatic nitrogens is 4. The third-order valence-electron chi connectivity index (χ3n) is 5.61. The van der Waals surface area contributed by atoms with Gasteiger partial charge in [0.1, 0.15) is 6.54 Å². The molecule has 0 amide bonds. The number of hydrogen-bond acceptors (Lipinski definition) is 6. The van der Waals surface area contributed by atoms with Crippen molar-refractivity contribution in [1.82, 2.24) is 24.6 Å². The van der Waals surface area contributed by atoms with Gasteiger partial charge in [0.05, 0.1) is 22.7 Å². The molecule has 4 heterocycles. The fraction of sp³-hybridized carbons (Fsp3) is 0.333. The monoisotopic (exact) mass is 427 g/mol. The van der Waals surface area contributed by atoms with E-state index < -0.39 is 11.7 Å². The molecule has 0 N–H and O–H groups in total. The van der Waals surface area contributed by atoms with Crippen molar-refractivity contribution in [2.45, 2.75) is 12.7 Å². The van der Waals surface area contributed by atoms with E-state index >= 15 is 0 Å². The first-order valence-electron chi connectivity index (χ1n) is 9.97. The molecule has 1 aromatic carbocycles. The maximum absolute atomic E-state index is 13.5. The second kappa shape index (κ2) is 7.45. The zero-order valence-corrected chi connectivity index (χ0v) is 16.8. The number of alkyl halides is 3. The van der Waals surface area contributed by atoms with Gasteiger partial charge in [-0.15, -0.1) is 10.2 Å². The number of anilines is 1. The van der Waals surface area contributed by atoms with Crippen LogP contribution >= 0.6 is 0 Å². The van der Waals surface area contributed by atoms with Crippen LogP contribution in [0.4, 0.5) is 19.1 Å². The number of piperazine rings is 1. The highest BCUT2D eigenvalue weighted by Crippen LogP contribution is 2.35. The van der Waals surface area contributed by atoms with Crippen molar-refractivity contribution in [3.63, 3.8) is 0 Å². The SMILES string of the molecule is CN1CCN(c2nnc3n2-c2ccc(C(F)(F)F)cc2C(c2ccccn2)=NC3)CC1. The Kier molecular flexibility index (Phi) is 4.73. The highest BCUT2D eigenvalue weighted by Gasteiger charge is 2.34. The summed E-state index contributed by atoms with van der Waals surface area (Å²) >= 11 is 0. The first kappa shape index (κ1) is 19.7. The van der Waals surface area contributed by atoms with Crippen LogP contribution in [-0.4, -0.2) is 63.6 Å². The molecule has 2 aliphatic heterocycles. The van der Waals surface area contributed by atoms with Crippen LogP contribution in [0.25, 0.3) is 5.69 Å². The summed E-state index contributed by atoms with van der Waals surface area (Å²) < 4.78 is 42.4. The van der Waals surface area contributed by atoms with Gasteiger partial charge in [-0.25, -0.2) is 0 Å². The minimum atomic E-state index is -4.47. The van der Waals surface area contributed by atoms with Crippen LogP contribution in [-0.2, 0) is 12.7 Å². The lowest BCUT2D eigenvalue weighted by atomic mass is 10.0. The van der Waals surface area contributed by atoms with E-state index in [1.807, 2.05) is 4.57 Å². The zero-order chi connectivity index (χ0) is 21.6. The molecule has 2 aromatic heterocycles. The number of likely N-dealkylation sites (N-methyl/N-ethyl adjacent to an activating group) is 1. The summed E-state index contributed by atoms with van der Waals surface area (Å²) in [6.07, 6.45) is -2.86. The average Bonchev–Trinajstić information content (AvgIpc) is 3.11. The topological polar surface area (TPSA) is 62.4 Å². The van der Waals surface area contributed by atoms with Crippen molar-refractivity contribution < 1.29 is 13.2 Å². The Morgan fingerprint density at radius 3 is 2.48 bits per heavy atom. The Balaban J connectivity index is 1.68. The Morgan fingerprint density at radius 2 is 1.77 bits per heavy atom. The van der Waals surface area contributed by atoms with Gasteiger partial charge in [-0.1, -0.05) is 6.07 Å². The summed E-state index contributed by atoms with van der Waals surface area (Å²) in [4.78, 5) is 13.3. The molecule has 0 radical (unpaired) electrons. The highest BCUT2D eigenvalue weighted by molar-refractivity contribution is 6.14. The van der Waals surface area contributed by atoms with Crippen molar-refractivity contribution in [3.8, 4) is 5.69 Å².